The monoisotopic (exact) mass is 588 g/mol. The molecule has 4 aromatic carbocycles. The van der Waals surface area contributed by atoms with Crippen molar-refractivity contribution in [2.45, 2.75) is 47.0 Å². The Morgan fingerprint density at radius 3 is 1.71 bits per heavy atom. The second-order valence-corrected chi connectivity index (χ2v) is 12.6. The molecule has 6 rings (SSSR count). The fourth-order valence-electron chi connectivity index (χ4n) is 6.61. The van der Waals surface area contributed by atoms with Crippen LogP contribution in [0.2, 0.25) is 0 Å². The van der Waals surface area contributed by atoms with Crippen molar-refractivity contribution in [2.24, 2.45) is 14.1 Å². The van der Waals surface area contributed by atoms with Crippen LogP contribution in [0.25, 0.3) is 55.9 Å². The number of rotatable bonds is 7. The molecule has 0 aliphatic carbocycles. The first-order valence-electron chi connectivity index (χ1n) is 16.1. The number of hydrogen-bond acceptors (Lipinski definition) is 0. The van der Waals surface area contributed by atoms with Crippen molar-refractivity contribution in [2.75, 3.05) is 0 Å². The van der Waals surface area contributed by atoms with Gasteiger partial charge in [-0.2, -0.15) is 0 Å². The number of aryl methyl sites for hydroxylation is 5. The molecular weight excluding hydrogens is 544 g/mol. The summed E-state index contributed by atoms with van der Waals surface area (Å²) in [5.74, 6) is 0.412. The summed E-state index contributed by atoms with van der Waals surface area (Å²) in [5, 5.41) is 0. The van der Waals surface area contributed by atoms with E-state index in [4.69, 9.17) is 0 Å². The Kier molecular flexibility index (Phi) is 8.50. The molecule has 0 bridgehead atoms. The van der Waals surface area contributed by atoms with Crippen molar-refractivity contribution >= 4 is 0 Å². The van der Waals surface area contributed by atoms with Crippen molar-refractivity contribution in [1.82, 2.24) is 0 Å². The van der Waals surface area contributed by atoms with Crippen molar-refractivity contribution in [3.8, 4) is 55.9 Å². The molecule has 2 nitrogen and oxygen atoms in total. The summed E-state index contributed by atoms with van der Waals surface area (Å²) in [7, 11) is 4.32. The molecule has 0 aliphatic heterocycles. The van der Waals surface area contributed by atoms with Crippen LogP contribution >= 0.6 is 0 Å². The first-order valence-corrected chi connectivity index (χ1v) is 16.1. The Hall–Kier alpha value is -4.82. The predicted molar refractivity (Wildman–Crippen MR) is 189 cm³/mol. The SMILES string of the molecule is CCc1cc(-c2ccc(-c3ccc(-c4c[n+](C)c(-c5ccccc5C)cc4C(C)C)cc3)cc2C)[n+](C)cc1-c1ccccc1. The van der Waals surface area contributed by atoms with Gasteiger partial charge in [0.25, 0.3) is 0 Å². The third-order valence-corrected chi connectivity index (χ3v) is 9.21. The van der Waals surface area contributed by atoms with Crippen LogP contribution < -0.4 is 9.13 Å². The quantitative estimate of drug-likeness (QED) is 0.164. The largest absolute Gasteiger partial charge is 0.212 e. The zero-order chi connectivity index (χ0) is 31.7. The maximum absolute atomic E-state index is 2.38. The molecule has 2 heteroatoms. The highest BCUT2D eigenvalue weighted by Crippen LogP contribution is 2.34. The first-order chi connectivity index (χ1) is 21.7. The molecule has 0 unspecified atom stereocenters. The predicted octanol–water partition coefficient (Wildman–Crippen LogP) is 9.97. The topological polar surface area (TPSA) is 7.76 Å². The van der Waals surface area contributed by atoms with E-state index in [1.54, 1.807) is 0 Å². The highest BCUT2D eigenvalue weighted by molar-refractivity contribution is 5.76. The molecule has 2 aromatic heterocycles. The van der Waals surface area contributed by atoms with E-state index in [-0.39, 0.29) is 0 Å². The highest BCUT2D eigenvalue weighted by Gasteiger charge is 2.21. The van der Waals surface area contributed by atoms with Crippen LogP contribution in [-0.4, -0.2) is 0 Å². The van der Waals surface area contributed by atoms with E-state index >= 15 is 0 Å². The molecule has 45 heavy (non-hydrogen) atoms. The molecule has 0 saturated heterocycles. The van der Waals surface area contributed by atoms with Gasteiger partial charge in [0.05, 0.1) is 0 Å². The van der Waals surface area contributed by atoms with Gasteiger partial charge in [0.2, 0.25) is 11.4 Å². The summed E-state index contributed by atoms with van der Waals surface area (Å²) in [5.41, 5.74) is 18.0. The van der Waals surface area contributed by atoms with Crippen LogP contribution in [0.1, 0.15) is 48.9 Å². The molecule has 0 fully saturated rings. The number of nitrogens with zero attached hydrogens (tertiary/aromatic N) is 2. The molecule has 0 atom stereocenters. The van der Waals surface area contributed by atoms with Gasteiger partial charge >= 0.3 is 0 Å². The summed E-state index contributed by atoms with van der Waals surface area (Å²) >= 11 is 0. The zero-order valence-electron chi connectivity index (χ0n) is 27.7. The Bertz CT molecular complexity index is 1980. The Labute approximate surface area is 269 Å². The lowest BCUT2D eigenvalue weighted by Crippen LogP contribution is -2.31. The van der Waals surface area contributed by atoms with Crippen molar-refractivity contribution in [3.63, 3.8) is 0 Å². The third kappa shape index (κ3) is 5.98. The lowest BCUT2D eigenvalue weighted by Gasteiger charge is -2.15. The molecular formula is C43H44N2+2. The maximum Gasteiger partial charge on any atom is 0.212 e. The van der Waals surface area contributed by atoms with E-state index in [2.05, 4.69) is 179 Å². The van der Waals surface area contributed by atoms with Crippen molar-refractivity contribution < 1.29 is 9.13 Å². The lowest BCUT2D eigenvalue weighted by atomic mass is 9.90. The van der Waals surface area contributed by atoms with Crippen LogP contribution in [-0.2, 0) is 20.5 Å². The smallest absolute Gasteiger partial charge is 0.200 e. The first kappa shape index (κ1) is 30.2. The van der Waals surface area contributed by atoms with Crippen LogP contribution in [0.3, 0.4) is 0 Å². The fourth-order valence-corrected chi connectivity index (χ4v) is 6.61. The van der Waals surface area contributed by atoms with E-state index in [0.29, 0.717) is 5.92 Å². The molecule has 0 spiro atoms. The molecule has 0 saturated carbocycles. The number of benzene rings is 4. The lowest BCUT2D eigenvalue weighted by molar-refractivity contribution is -0.660. The Morgan fingerprint density at radius 2 is 1.07 bits per heavy atom. The summed E-state index contributed by atoms with van der Waals surface area (Å²) in [6.07, 6.45) is 5.58. The van der Waals surface area contributed by atoms with Gasteiger partial charge < -0.3 is 0 Å². The highest BCUT2D eigenvalue weighted by atomic mass is 14.9. The summed E-state index contributed by atoms with van der Waals surface area (Å²) < 4.78 is 4.55. The van der Waals surface area contributed by atoms with E-state index in [9.17, 15) is 0 Å². The van der Waals surface area contributed by atoms with Gasteiger partial charge in [-0.05, 0) is 82.8 Å². The minimum absolute atomic E-state index is 0.412. The van der Waals surface area contributed by atoms with Crippen LogP contribution in [0, 0.1) is 13.8 Å². The Balaban J connectivity index is 1.32. The van der Waals surface area contributed by atoms with Crippen LogP contribution in [0.15, 0.2) is 122 Å². The molecule has 0 N–H and O–H groups in total. The summed E-state index contributed by atoms with van der Waals surface area (Å²) in [6.45, 7) is 11.2. The van der Waals surface area contributed by atoms with Gasteiger partial charge in [-0.3, -0.25) is 0 Å². The van der Waals surface area contributed by atoms with E-state index < -0.39 is 0 Å². The van der Waals surface area contributed by atoms with Gasteiger partial charge in [0, 0.05) is 34.4 Å². The Morgan fingerprint density at radius 1 is 0.511 bits per heavy atom. The third-order valence-electron chi connectivity index (χ3n) is 9.21. The minimum atomic E-state index is 0.412. The van der Waals surface area contributed by atoms with E-state index in [0.717, 1.165) is 6.42 Å². The average molecular weight is 589 g/mol. The molecule has 0 aliphatic rings. The number of pyridine rings is 2. The normalized spacial score (nSPS) is 11.3. The van der Waals surface area contributed by atoms with Gasteiger partial charge in [0.15, 0.2) is 12.4 Å². The van der Waals surface area contributed by atoms with Gasteiger partial charge in [-0.25, -0.2) is 9.13 Å². The van der Waals surface area contributed by atoms with Crippen molar-refractivity contribution in [1.29, 1.82) is 0 Å². The van der Waals surface area contributed by atoms with Crippen LogP contribution in [0.5, 0.6) is 0 Å². The van der Waals surface area contributed by atoms with Crippen LogP contribution in [0.4, 0.5) is 0 Å². The van der Waals surface area contributed by atoms with E-state index in [1.165, 1.54) is 78.1 Å². The molecule has 0 radical (unpaired) electrons. The minimum Gasteiger partial charge on any atom is -0.200 e. The van der Waals surface area contributed by atoms with E-state index in [1.807, 2.05) is 0 Å². The number of hydrogen-bond donors (Lipinski definition) is 0. The maximum atomic E-state index is 2.38. The summed E-state index contributed by atoms with van der Waals surface area (Å²) in [6, 6.07) is 40.1. The van der Waals surface area contributed by atoms with Gasteiger partial charge in [-0.15, -0.1) is 0 Å². The number of aromatic nitrogens is 2. The fraction of sp³-hybridized carbons (Fsp3) is 0.209. The molecule has 224 valence electrons. The zero-order valence-corrected chi connectivity index (χ0v) is 27.7. The second-order valence-electron chi connectivity index (χ2n) is 12.6. The second kappa shape index (κ2) is 12.7. The van der Waals surface area contributed by atoms with Crippen molar-refractivity contribution in [3.05, 3.63) is 144 Å². The molecule has 2 heterocycles. The molecule has 0 amide bonds. The standard InChI is InChI=1S/C43H44N2/c1-8-32-25-42(44(6)27-40(32)34-15-10-9-11-16-34)38-23-22-36(24-31(38)5)33-18-20-35(21-19-33)41-28-45(7)43(26-39(41)29(2)3)37-17-13-12-14-30(37)4/h9-29H,8H2,1-7H3/q+2. The summed E-state index contributed by atoms with van der Waals surface area (Å²) in [4.78, 5) is 0. The average Bonchev–Trinajstić information content (AvgIpc) is 3.05. The van der Waals surface area contributed by atoms with Gasteiger partial charge in [0.1, 0.15) is 14.1 Å². The van der Waals surface area contributed by atoms with Gasteiger partial charge in [-0.1, -0.05) is 106 Å². The molecule has 6 aromatic rings.